The molecule has 3 rings (SSSR count). The Hall–Kier alpha value is -1.18. The van der Waals surface area contributed by atoms with Gasteiger partial charge >= 0.3 is 0 Å². The van der Waals surface area contributed by atoms with Crippen LogP contribution < -0.4 is 0 Å². The highest BCUT2D eigenvalue weighted by atomic mass is 32.9. The van der Waals surface area contributed by atoms with Crippen LogP contribution in [0.15, 0.2) is 42.5 Å². The van der Waals surface area contributed by atoms with Gasteiger partial charge in [-0.1, -0.05) is 86.5 Å². The topological polar surface area (TPSA) is 37.3 Å². The minimum absolute atomic E-state index is 0.156. The van der Waals surface area contributed by atoms with E-state index in [1.54, 1.807) is 20.7 Å². The molecule has 0 fully saturated rings. The van der Waals surface area contributed by atoms with Gasteiger partial charge in [0.15, 0.2) is 11.1 Å². The van der Waals surface area contributed by atoms with Crippen LogP contribution in [-0.4, -0.2) is 8.76 Å². The minimum atomic E-state index is -1.81. The third-order valence-corrected chi connectivity index (χ3v) is 7.29. The van der Waals surface area contributed by atoms with Crippen molar-refractivity contribution in [2.24, 2.45) is 0 Å². The second-order valence-corrected chi connectivity index (χ2v) is 9.45. The molecule has 6 heteroatoms. The molecule has 3 aromatic rings. The summed E-state index contributed by atoms with van der Waals surface area (Å²) >= 11 is 3.76. The van der Waals surface area contributed by atoms with Crippen molar-refractivity contribution in [3.8, 4) is 21.6 Å². The molecule has 0 aliphatic rings. The zero-order chi connectivity index (χ0) is 17.3. The average Bonchev–Trinajstić information content (AvgIpc) is 2.88. The van der Waals surface area contributed by atoms with Crippen molar-refractivity contribution in [1.29, 1.82) is 0 Å². The molecular weight excluding hydrogens is 376 g/mol. The van der Waals surface area contributed by atoms with E-state index < -0.39 is 11.1 Å². The molecule has 2 nitrogen and oxygen atoms in total. The van der Waals surface area contributed by atoms with Gasteiger partial charge < -0.3 is 4.55 Å². The standard InChI is InChI=1S/C18H16O2S4/c1-11-7-12(2)9-15(8-11)16-17(22-23-18(16)21)14-5-3-13(4-6-14)10-24(19)20/h3-9H,10H2,1-2H3,(H,19,20). The van der Waals surface area contributed by atoms with Crippen LogP contribution in [0.1, 0.15) is 16.7 Å². The van der Waals surface area contributed by atoms with E-state index in [1.807, 2.05) is 24.3 Å². The quantitative estimate of drug-likeness (QED) is 0.326. The molecule has 1 atom stereocenters. The summed E-state index contributed by atoms with van der Waals surface area (Å²) in [6.45, 7) is 4.19. The van der Waals surface area contributed by atoms with Crippen molar-refractivity contribution < 1.29 is 8.76 Å². The number of aryl methyl sites for hydroxylation is 2. The zero-order valence-electron chi connectivity index (χ0n) is 13.2. The van der Waals surface area contributed by atoms with E-state index in [-0.39, 0.29) is 5.75 Å². The number of rotatable bonds is 4. The fourth-order valence-electron chi connectivity index (χ4n) is 2.71. The summed E-state index contributed by atoms with van der Waals surface area (Å²) in [7, 11) is 3.30. The monoisotopic (exact) mass is 392 g/mol. The molecule has 124 valence electrons. The normalized spacial score (nSPS) is 12.3. The lowest BCUT2D eigenvalue weighted by Gasteiger charge is -2.07. The Bertz CT molecular complexity index is 932. The number of hydrogen-bond acceptors (Lipinski definition) is 4. The highest BCUT2D eigenvalue weighted by Gasteiger charge is 2.13. The first-order valence-electron chi connectivity index (χ1n) is 7.32. The van der Waals surface area contributed by atoms with Crippen molar-refractivity contribution in [2.75, 3.05) is 0 Å². The van der Waals surface area contributed by atoms with Crippen molar-refractivity contribution in [3.05, 3.63) is 63.0 Å². The summed E-state index contributed by atoms with van der Waals surface area (Å²) in [6.07, 6.45) is 0. The van der Waals surface area contributed by atoms with Gasteiger partial charge in [0, 0.05) is 5.56 Å². The molecular formula is C18H16O2S4. The van der Waals surface area contributed by atoms with Crippen molar-refractivity contribution in [3.63, 3.8) is 0 Å². The van der Waals surface area contributed by atoms with Crippen LogP contribution >= 0.6 is 32.9 Å². The van der Waals surface area contributed by atoms with Gasteiger partial charge in [0.1, 0.15) is 3.82 Å². The van der Waals surface area contributed by atoms with Gasteiger partial charge in [0.05, 0.1) is 10.6 Å². The molecule has 2 aromatic carbocycles. The van der Waals surface area contributed by atoms with Gasteiger partial charge in [-0.2, -0.15) is 0 Å². The van der Waals surface area contributed by atoms with Gasteiger partial charge in [0.2, 0.25) is 0 Å². The summed E-state index contributed by atoms with van der Waals surface area (Å²) in [5, 5.41) is 0. The predicted octanol–water partition coefficient (Wildman–Crippen LogP) is 6.21. The Morgan fingerprint density at radius 2 is 1.62 bits per heavy atom. The zero-order valence-corrected chi connectivity index (χ0v) is 16.5. The van der Waals surface area contributed by atoms with Crippen LogP contribution in [0.2, 0.25) is 0 Å². The predicted molar refractivity (Wildman–Crippen MR) is 108 cm³/mol. The summed E-state index contributed by atoms with van der Waals surface area (Å²) in [5.74, 6) is 0.156. The summed E-state index contributed by atoms with van der Waals surface area (Å²) in [5.41, 5.74) is 6.67. The molecule has 0 spiro atoms. The lowest BCUT2D eigenvalue weighted by Crippen LogP contribution is -1.92. The van der Waals surface area contributed by atoms with Crippen molar-refractivity contribution >= 4 is 44.0 Å². The van der Waals surface area contributed by atoms with Gasteiger partial charge in [-0.05, 0) is 30.5 Å². The second-order valence-electron chi connectivity index (χ2n) is 5.70. The molecule has 0 aliphatic heterocycles. The van der Waals surface area contributed by atoms with E-state index in [4.69, 9.17) is 16.8 Å². The van der Waals surface area contributed by atoms with Crippen LogP contribution in [0.3, 0.4) is 0 Å². The molecule has 0 radical (unpaired) electrons. The lowest BCUT2D eigenvalue weighted by molar-refractivity contribution is 0.563. The van der Waals surface area contributed by atoms with Crippen molar-refractivity contribution in [1.82, 2.24) is 0 Å². The van der Waals surface area contributed by atoms with E-state index in [2.05, 4.69) is 32.0 Å². The van der Waals surface area contributed by atoms with E-state index in [9.17, 15) is 4.21 Å². The highest BCUT2D eigenvalue weighted by molar-refractivity contribution is 7.80. The maximum Gasteiger partial charge on any atom is 0.157 e. The van der Waals surface area contributed by atoms with Crippen LogP contribution in [0.5, 0.6) is 0 Å². The Kier molecular flexibility index (Phi) is 5.42. The molecule has 1 N–H and O–H groups in total. The first-order chi connectivity index (χ1) is 11.4. The molecule has 0 saturated heterocycles. The van der Waals surface area contributed by atoms with E-state index in [0.717, 1.165) is 31.0 Å². The van der Waals surface area contributed by atoms with Crippen LogP contribution in [0.4, 0.5) is 0 Å². The van der Waals surface area contributed by atoms with Crippen LogP contribution in [0.25, 0.3) is 21.6 Å². The number of benzene rings is 2. The third kappa shape index (κ3) is 3.90. The molecule has 0 amide bonds. The Morgan fingerprint density at radius 3 is 2.21 bits per heavy atom. The summed E-state index contributed by atoms with van der Waals surface area (Å²) < 4.78 is 20.8. The van der Waals surface area contributed by atoms with Crippen LogP contribution in [0, 0.1) is 17.7 Å². The Balaban J connectivity index is 2.07. The fourth-order valence-corrected chi connectivity index (χ4v) is 6.11. The van der Waals surface area contributed by atoms with E-state index in [1.165, 1.54) is 11.1 Å². The Labute approximate surface area is 156 Å². The van der Waals surface area contributed by atoms with Gasteiger partial charge in [-0.25, -0.2) is 4.21 Å². The maximum absolute atomic E-state index is 10.9. The first kappa shape index (κ1) is 17.6. The Morgan fingerprint density at radius 1 is 1.00 bits per heavy atom. The second kappa shape index (κ2) is 7.37. The average molecular weight is 393 g/mol. The smallest absolute Gasteiger partial charge is 0.157 e. The van der Waals surface area contributed by atoms with E-state index >= 15 is 0 Å². The SMILES string of the molecule is Cc1cc(C)cc(-c2c(-c3ccc(CS(=O)O)cc3)ssc2=S)c1. The van der Waals surface area contributed by atoms with Crippen molar-refractivity contribution in [2.45, 2.75) is 19.6 Å². The third-order valence-electron chi connectivity index (χ3n) is 3.65. The molecule has 1 unspecified atom stereocenters. The lowest BCUT2D eigenvalue weighted by atomic mass is 9.99. The minimum Gasteiger partial charge on any atom is -0.306 e. The summed E-state index contributed by atoms with van der Waals surface area (Å²) in [4.78, 5) is 1.16. The first-order valence-corrected chi connectivity index (χ1v) is 11.2. The largest absolute Gasteiger partial charge is 0.306 e. The fraction of sp³-hybridized carbons (Fsp3) is 0.167. The molecule has 24 heavy (non-hydrogen) atoms. The van der Waals surface area contributed by atoms with E-state index in [0.29, 0.717) is 0 Å². The maximum atomic E-state index is 10.9. The van der Waals surface area contributed by atoms with Gasteiger partial charge in [0.25, 0.3) is 0 Å². The van der Waals surface area contributed by atoms with Gasteiger partial charge in [-0.3, -0.25) is 0 Å². The summed E-state index contributed by atoms with van der Waals surface area (Å²) in [6, 6.07) is 14.3. The highest BCUT2D eigenvalue weighted by Crippen LogP contribution is 2.41. The molecule has 1 heterocycles. The molecule has 0 aliphatic carbocycles. The number of hydrogen-bond donors (Lipinski definition) is 1. The molecule has 1 aromatic heterocycles. The molecule has 0 saturated carbocycles. The van der Waals surface area contributed by atoms with Crippen LogP contribution in [-0.2, 0) is 16.8 Å². The van der Waals surface area contributed by atoms with Gasteiger partial charge in [-0.15, -0.1) is 0 Å². The molecule has 0 bridgehead atoms.